The number of nitrogens with zero attached hydrogens (tertiary/aromatic N) is 1. The Labute approximate surface area is 197 Å². The van der Waals surface area contributed by atoms with Gasteiger partial charge in [0.1, 0.15) is 11.9 Å². The lowest BCUT2D eigenvalue weighted by atomic mass is 10.1. The highest BCUT2D eigenvalue weighted by Crippen LogP contribution is 2.27. The molecule has 0 aromatic heterocycles. The molecule has 0 unspecified atom stereocenters. The van der Waals surface area contributed by atoms with Crippen LogP contribution in [0.1, 0.15) is 37.8 Å². The van der Waals surface area contributed by atoms with Crippen LogP contribution >= 0.6 is 35.0 Å². The molecule has 0 bridgehead atoms. The first-order valence-electron chi connectivity index (χ1n) is 10.2. The van der Waals surface area contributed by atoms with Crippen LogP contribution in [-0.2, 0) is 21.9 Å². The van der Waals surface area contributed by atoms with Gasteiger partial charge in [-0.15, -0.1) is 11.8 Å². The molecular formula is C23H27Cl2FN2O2S. The summed E-state index contributed by atoms with van der Waals surface area (Å²) in [5.41, 5.74) is 1.54. The van der Waals surface area contributed by atoms with Crippen LogP contribution < -0.4 is 5.32 Å². The maximum absolute atomic E-state index is 13.2. The first kappa shape index (κ1) is 25.5. The molecule has 8 heteroatoms. The molecule has 2 amide bonds. The van der Waals surface area contributed by atoms with Gasteiger partial charge in [-0.1, -0.05) is 55.2 Å². The molecule has 1 atom stereocenters. The second-order valence-electron chi connectivity index (χ2n) is 7.06. The molecule has 2 aromatic carbocycles. The van der Waals surface area contributed by atoms with Crippen molar-refractivity contribution in [3.63, 3.8) is 0 Å². The monoisotopic (exact) mass is 484 g/mol. The summed E-state index contributed by atoms with van der Waals surface area (Å²) in [7, 11) is 0. The van der Waals surface area contributed by atoms with Gasteiger partial charge in [-0.05, 0) is 42.7 Å². The van der Waals surface area contributed by atoms with Gasteiger partial charge in [-0.2, -0.15) is 0 Å². The number of hydrogen-bond donors (Lipinski definition) is 1. The Bertz CT molecular complexity index is 860. The van der Waals surface area contributed by atoms with E-state index >= 15 is 0 Å². The Morgan fingerprint density at radius 2 is 1.74 bits per heavy atom. The van der Waals surface area contributed by atoms with Gasteiger partial charge < -0.3 is 10.2 Å². The van der Waals surface area contributed by atoms with Gasteiger partial charge >= 0.3 is 0 Å². The van der Waals surface area contributed by atoms with Crippen molar-refractivity contribution in [1.29, 1.82) is 0 Å². The number of hydrogen-bond acceptors (Lipinski definition) is 3. The zero-order chi connectivity index (χ0) is 22.8. The molecule has 0 aliphatic rings. The number of thioether (sulfide) groups is 1. The van der Waals surface area contributed by atoms with Gasteiger partial charge in [-0.3, -0.25) is 9.59 Å². The Kier molecular flexibility index (Phi) is 10.6. The first-order valence-corrected chi connectivity index (χ1v) is 12.1. The summed E-state index contributed by atoms with van der Waals surface area (Å²) in [4.78, 5) is 27.5. The van der Waals surface area contributed by atoms with Crippen molar-refractivity contribution in [2.45, 2.75) is 45.0 Å². The van der Waals surface area contributed by atoms with Crippen LogP contribution in [-0.4, -0.2) is 35.1 Å². The second-order valence-corrected chi connectivity index (χ2v) is 8.86. The Morgan fingerprint density at radius 1 is 1.10 bits per heavy atom. The normalized spacial score (nSPS) is 11.8. The number of carbonyl (C=O) groups is 2. The zero-order valence-corrected chi connectivity index (χ0v) is 20.0. The topological polar surface area (TPSA) is 49.4 Å². The fraction of sp³-hybridized carbons (Fsp3) is 0.391. The van der Waals surface area contributed by atoms with E-state index in [1.54, 1.807) is 35.2 Å². The minimum absolute atomic E-state index is 0.145. The Balaban J connectivity index is 2.17. The SMILES string of the molecule is CCCNC(=O)[C@@H](CC)N(Cc1c(Cl)cccc1Cl)C(=O)CSCc1ccc(F)cc1. The minimum Gasteiger partial charge on any atom is -0.354 e. The van der Waals surface area contributed by atoms with Gasteiger partial charge in [0, 0.05) is 34.5 Å². The molecule has 168 valence electrons. The van der Waals surface area contributed by atoms with E-state index in [1.807, 2.05) is 13.8 Å². The molecule has 0 aliphatic heterocycles. The molecule has 0 spiro atoms. The maximum Gasteiger partial charge on any atom is 0.242 e. The fourth-order valence-corrected chi connectivity index (χ4v) is 4.45. The van der Waals surface area contributed by atoms with Crippen LogP contribution in [0.4, 0.5) is 4.39 Å². The van der Waals surface area contributed by atoms with Crippen molar-refractivity contribution < 1.29 is 14.0 Å². The molecule has 4 nitrogen and oxygen atoms in total. The van der Waals surface area contributed by atoms with E-state index in [2.05, 4.69) is 5.32 Å². The lowest BCUT2D eigenvalue weighted by Gasteiger charge is -2.31. The van der Waals surface area contributed by atoms with Crippen LogP contribution in [0.2, 0.25) is 10.0 Å². The number of amides is 2. The summed E-state index contributed by atoms with van der Waals surface area (Å²) in [5, 5.41) is 3.78. The summed E-state index contributed by atoms with van der Waals surface area (Å²) >= 11 is 14.1. The third-order valence-electron chi connectivity index (χ3n) is 4.73. The van der Waals surface area contributed by atoms with Crippen molar-refractivity contribution >= 4 is 46.8 Å². The van der Waals surface area contributed by atoms with Gasteiger partial charge in [0.25, 0.3) is 0 Å². The smallest absolute Gasteiger partial charge is 0.242 e. The minimum atomic E-state index is -0.627. The number of benzene rings is 2. The molecule has 31 heavy (non-hydrogen) atoms. The summed E-state index contributed by atoms with van der Waals surface area (Å²) < 4.78 is 13.1. The number of carbonyl (C=O) groups excluding carboxylic acids is 2. The van der Waals surface area contributed by atoms with Crippen LogP contribution in [0.5, 0.6) is 0 Å². The van der Waals surface area contributed by atoms with Gasteiger partial charge in [0.15, 0.2) is 0 Å². The van der Waals surface area contributed by atoms with Gasteiger partial charge in [0.05, 0.1) is 5.75 Å². The van der Waals surface area contributed by atoms with Crippen LogP contribution in [0.15, 0.2) is 42.5 Å². The van der Waals surface area contributed by atoms with Gasteiger partial charge in [0.2, 0.25) is 11.8 Å². The van der Waals surface area contributed by atoms with Crippen molar-refractivity contribution in [3.05, 3.63) is 69.5 Å². The lowest BCUT2D eigenvalue weighted by Crippen LogP contribution is -2.49. The molecular weight excluding hydrogens is 458 g/mol. The van der Waals surface area contributed by atoms with E-state index in [9.17, 15) is 14.0 Å². The third kappa shape index (κ3) is 7.70. The Hall–Kier alpha value is -1.76. The second kappa shape index (κ2) is 12.9. The van der Waals surface area contributed by atoms with Crippen molar-refractivity contribution in [2.75, 3.05) is 12.3 Å². The average molecular weight is 485 g/mol. The Morgan fingerprint density at radius 3 is 2.32 bits per heavy atom. The predicted octanol–water partition coefficient (Wildman–Crippen LogP) is 5.70. The van der Waals surface area contributed by atoms with E-state index in [0.29, 0.717) is 34.3 Å². The standard InChI is InChI=1S/C23H27Cl2FN2O2S/c1-3-12-27-23(30)21(4-2)28(13-18-19(24)6-5-7-20(18)25)22(29)15-31-14-16-8-10-17(26)11-9-16/h5-11,21H,3-4,12-15H2,1-2H3,(H,27,30)/t21-/m1/s1. The zero-order valence-electron chi connectivity index (χ0n) is 17.7. The van der Waals surface area contributed by atoms with E-state index < -0.39 is 6.04 Å². The van der Waals surface area contributed by atoms with Crippen molar-refractivity contribution in [3.8, 4) is 0 Å². The summed E-state index contributed by atoms with van der Waals surface area (Å²) in [6.45, 7) is 4.53. The summed E-state index contributed by atoms with van der Waals surface area (Å²) in [6, 6.07) is 10.7. The number of halogens is 3. The average Bonchev–Trinajstić information content (AvgIpc) is 2.75. The van der Waals surface area contributed by atoms with E-state index in [1.165, 1.54) is 23.9 Å². The maximum atomic E-state index is 13.2. The lowest BCUT2D eigenvalue weighted by molar-refractivity contribution is -0.139. The molecule has 1 N–H and O–H groups in total. The first-order chi connectivity index (χ1) is 14.9. The molecule has 0 fully saturated rings. The number of nitrogens with one attached hydrogen (secondary N) is 1. The van der Waals surface area contributed by atoms with E-state index in [4.69, 9.17) is 23.2 Å². The summed E-state index contributed by atoms with van der Waals surface area (Å²) in [6.07, 6.45) is 1.27. The molecule has 0 radical (unpaired) electrons. The van der Waals surface area contributed by atoms with E-state index in [0.717, 1.165) is 12.0 Å². The molecule has 0 aliphatic carbocycles. The van der Waals surface area contributed by atoms with Crippen LogP contribution in [0.25, 0.3) is 0 Å². The predicted molar refractivity (Wildman–Crippen MR) is 127 cm³/mol. The van der Waals surface area contributed by atoms with Crippen LogP contribution in [0.3, 0.4) is 0 Å². The number of rotatable bonds is 11. The quantitative estimate of drug-likeness (QED) is 0.444. The molecule has 2 rings (SSSR count). The van der Waals surface area contributed by atoms with Gasteiger partial charge in [-0.25, -0.2) is 4.39 Å². The highest BCUT2D eigenvalue weighted by Gasteiger charge is 2.29. The summed E-state index contributed by atoms with van der Waals surface area (Å²) in [5.74, 6) is 0.0743. The van der Waals surface area contributed by atoms with Crippen molar-refractivity contribution in [2.24, 2.45) is 0 Å². The fourth-order valence-electron chi connectivity index (χ4n) is 3.06. The highest BCUT2D eigenvalue weighted by molar-refractivity contribution is 7.99. The van der Waals surface area contributed by atoms with E-state index in [-0.39, 0.29) is 29.9 Å². The van der Waals surface area contributed by atoms with Crippen molar-refractivity contribution in [1.82, 2.24) is 10.2 Å². The molecule has 0 heterocycles. The molecule has 0 saturated heterocycles. The third-order valence-corrected chi connectivity index (χ3v) is 6.43. The largest absolute Gasteiger partial charge is 0.354 e. The highest BCUT2D eigenvalue weighted by atomic mass is 35.5. The van der Waals surface area contributed by atoms with Crippen LogP contribution in [0, 0.1) is 5.82 Å². The molecule has 2 aromatic rings. The molecule has 0 saturated carbocycles.